The van der Waals surface area contributed by atoms with E-state index in [2.05, 4.69) is 32.6 Å². The van der Waals surface area contributed by atoms with Gasteiger partial charge in [0.15, 0.2) is 0 Å². The van der Waals surface area contributed by atoms with Crippen molar-refractivity contribution in [2.24, 2.45) is 0 Å². The van der Waals surface area contributed by atoms with Crippen LogP contribution in [0.3, 0.4) is 0 Å². The molecule has 168 valence electrons. The number of anilines is 2. The second-order valence-corrected chi connectivity index (χ2v) is 8.82. The van der Waals surface area contributed by atoms with Crippen molar-refractivity contribution in [2.75, 3.05) is 56.6 Å². The predicted molar refractivity (Wildman–Crippen MR) is 128 cm³/mol. The quantitative estimate of drug-likeness (QED) is 0.497. The molecule has 2 aliphatic heterocycles. The zero-order chi connectivity index (χ0) is 22.3. The molecular weight excluding hydrogens is 424 g/mol. The molecule has 2 aliphatic rings. The highest BCUT2D eigenvalue weighted by molar-refractivity contribution is 8.04. The van der Waals surface area contributed by atoms with Crippen LogP contribution in [-0.4, -0.2) is 63.1 Å². The lowest BCUT2D eigenvalue weighted by molar-refractivity contribution is -0.117. The van der Waals surface area contributed by atoms with E-state index in [1.807, 2.05) is 36.4 Å². The number of benzene rings is 2. The van der Waals surface area contributed by atoms with Crippen LogP contribution in [0.4, 0.5) is 11.4 Å². The van der Waals surface area contributed by atoms with Crippen LogP contribution < -0.4 is 20.3 Å². The molecule has 2 N–H and O–H groups in total. The number of piperazine rings is 1. The van der Waals surface area contributed by atoms with Crippen LogP contribution in [0, 0.1) is 0 Å². The van der Waals surface area contributed by atoms with Crippen LogP contribution in [0.1, 0.15) is 6.42 Å². The van der Waals surface area contributed by atoms with Crippen molar-refractivity contribution in [1.82, 2.24) is 10.2 Å². The number of rotatable bonds is 7. The lowest BCUT2D eigenvalue weighted by Crippen LogP contribution is -2.47. The van der Waals surface area contributed by atoms with Gasteiger partial charge >= 0.3 is 0 Å². The fraction of sp³-hybridized carbons (Fsp3) is 0.333. The molecule has 0 unspecified atom stereocenters. The van der Waals surface area contributed by atoms with Crippen molar-refractivity contribution in [2.45, 2.75) is 11.3 Å². The van der Waals surface area contributed by atoms with Gasteiger partial charge in [-0.3, -0.25) is 14.5 Å². The van der Waals surface area contributed by atoms with Crippen LogP contribution in [0.5, 0.6) is 5.75 Å². The molecule has 0 bridgehead atoms. The zero-order valence-corrected chi connectivity index (χ0v) is 19.0. The maximum absolute atomic E-state index is 12.3. The predicted octanol–water partition coefficient (Wildman–Crippen LogP) is 2.95. The van der Waals surface area contributed by atoms with Crippen molar-refractivity contribution in [3.8, 4) is 5.75 Å². The number of hydrogen-bond acceptors (Lipinski definition) is 6. The molecule has 2 aromatic carbocycles. The average molecular weight is 453 g/mol. The number of nitrogens with zero attached hydrogens (tertiary/aromatic N) is 2. The summed E-state index contributed by atoms with van der Waals surface area (Å²) in [4.78, 5) is 30.6. The molecule has 8 heteroatoms. The van der Waals surface area contributed by atoms with Gasteiger partial charge in [0, 0.05) is 49.4 Å². The van der Waals surface area contributed by atoms with E-state index in [1.54, 1.807) is 7.11 Å². The van der Waals surface area contributed by atoms with E-state index in [0.29, 0.717) is 11.4 Å². The average Bonchev–Trinajstić information content (AvgIpc) is 2.83. The van der Waals surface area contributed by atoms with E-state index in [4.69, 9.17) is 4.74 Å². The Hall–Kier alpha value is -2.97. The van der Waals surface area contributed by atoms with Gasteiger partial charge < -0.3 is 20.3 Å². The molecule has 7 nitrogen and oxygen atoms in total. The van der Waals surface area contributed by atoms with Gasteiger partial charge in [0.05, 0.1) is 17.7 Å². The van der Waals surface area contributed by atoms with Crippen LogP contribution >= 0.6 is 11.8 Å². The van der Waals surface area contributed by atoms with Gasteiger partial charge in [-0.15, -0.1) is 0 Å². The number of amides is 2. The molecule has 4 rings (SSSR count). The molecule has 0 spiro atoms. The number of fused-ring (bicyclic) bond motifs is 1. The third-order valence-corrected chi connectivity index (χ3v) is 6.70. The number of thioether (sulfide) groups is 1. The maximum Gasteiger partial charge on any atom is 0.262 e. The SMILES string of the molecule is COc1ccc(N2CCN(CCCNC(=O)/C=C3\Sc4ccccc4NC3=O)CC2)cc1. The molecule has 0 aliphatic carbocycles. The fourth-order valence-electron chi connectivity index (χ4n) is 3.81. The van der Waals surface area contributed by atoms with Crippen LogP contribution in [-0.2, 0) is 9.59 Å². The Kier molecular flexibility index (Phi) is 7.34. The molecule has 0 radical (unpaired) electrons. The number of carbonyl (C=O) groups is 2. The van der Waals surface area contributed by atoms with Crippen LogP contribution in [0.15, 0.2) is 64.4 Å². The van der Waals surface area contributed by atoms with Gasteiger partial charge in [-0.2, -0.15) is 0 Å². The zero-order valence-electron chi connectivity index (χ0n) is 18.2. The topological polar surface area (TPSA) is 73.9 Å². The van der Waals surface area contributed by atoms with Gasteiger partial charge in [-0.05, 0) is 49.4 Å². The summed E-state index contributed by atoms with van der Waals surface area (Å²) < 4.78 is 5.23. The minimum absolute atomic E-state index is 0.230. The van der Waals surface area contributed by atoms with Crippen molar-refractivity contribution >= 4 is 35.0 Å². The summed E-state index contributed by atoms with van der Waals surface area (Å²) in [5, 5.41) is 5.72. The maximum atomic E-state index is 12.3. The van der Waals surface area contributed by atoms with Crippen LogP contribution in [0.25, 0.3) is 0 Å². The fourth-order valence-corrected chi connectivity index (χ4v) is 4.73. The van der Waals surface area contributed by atoms with Gasteiger partial charge in [-0.1, -0.05) is 23.9 Å². The van der Waals surface area contributed by atoms with Crippen LogP contribution in [0.2, 0.25) is 0 Å². The molecule has 0 aromatic heterocycles. The first-order valence-electron chi connectivity index (χ1n) is 10.8. The summed E-state index contributed by atoms with van der Waals surface area (Å²) in [6.07, 6.45) is 2.27. The number of para-hydroxylation sites is 1. The lowest BCUT2D eigenvalue weighted by Gasteiger charge is -2.36. The monoisotopic (exact) mass is 452 g/mol. The van der Waals surface area contributed by atoms with Crippen molar-refractivity contribution in [3.63, 3.8) is 0 Å². The molecule has 2 aromatic rings. The first kappa shape index (κ1) is 22.2. The second kappa shape index (κ2) is 10.6. The highest BCUT2D eigenvalue weighted by Crippen LogP contribution is 2.37. The highest BCUT2D eigenvalue weighted by atomic mass is 32.2. The smallest absolute Gasteiger partial charge is 0.262 e. The van der Waals surface area contributed by atoms with E-state index in [-0.39, 0.29) is 11.8 Å². The number of methoxy groups -OCH3 is 1. The summed E-state index contributed by atoms with van der Waals surface area (Å²) in [6, 6.07) is 15.8. The Morgan fingerprint density at radius 1 is 1.12 bits per heavy atom. The third kappa shape index (κ3) is 5.63. The Morgan fingerprint density at radius 2 is 1.88 bits per heavy atom. The molecule has 1 fully saturated rings. The lowest BCUT2D eigenvalue weighted by atomic mass is 10.2. The molecule has 2 heterocycles. The number of ether oxygens (including phenoxy) is 1. The first-order valence-corrected chi connectivity index (χ1v) is 11.6. The molecule has 32 heavy (non-hydrogen) atoms. The Labute approximate surface area is 192 Å². The van der Waals surface area contributed by atoms with Gasteiger partial charge in [0.1, 0.15) is 5.75 Å². The second-order valence-electron chi connectivity index (χ2n) is 7.73. The van der Waals surface area contributed by atoms with Gasteiger partial charge in [-0.25, -0.2) is 0 Å². The van der Waals surface area contributed by atoms with Crippen molar-refractivity contribution < 1.29 is 14.3 Å². The number of nitrogens with one attached hydrogen (secondary N) is 2. The normalized spacial score (nSPS) is 17.6. The standard InChI is InChI=1S/C24H28N4O3S/c1-31-19-9-7-18(8-10-19)28-15-13-27(14-16-28)12-4-11-25-23(29)17-22-24(30)26-20-5-2-3-6-21(20)32-22/h2-3,5-10,17H,4,11-16H2,1H3,(H,25,29)(H,26,30)/b22-17-. The van der Waals surface area contributed by atoms with E-state index in [0.717, 1.165) is 55.5 Å². The largest absolute Gasteiger partial charge is 0.497 e. The summed E-state index contributed by atoms with van der Waals surface area (Å²) in [5.74, 6) is 0.405. The number of carbonyl (C=O) groups excluding carboxylic acids is 2. The van der Waals surface area contributed by atoms with E-state index in [1.165, 1.54) is 23.5 Å². The highest BCUT2D eigenvalue weighted by Gasteiger charge is 2.21. The van der Waals surface area contributed by atoms with Crippen molar-refractivity contribution in [3.05, 3.63) is 59.5 Å². The van der Waals surface area contributed by atoms with Gasteiger partial charge in [0.2, 0.25) is 5.91 Å². The Balaban J connectivity index is 1.16. The minimum atomic E-state index is -0.237. The summed E-state index contributed by atoms with van der Waals surface area (Å²) in [7, 11) is 1.68. The third-order valence-electron chi connectivity index (χ3n) is 5.60. The Bertz CT molecular complexity index is 985. The van der Waals surface area contributed by atoms with Gasteiger partial charge in [0.25, 0.3) is 5.91 Å². The van der Waals surface area contributed by atoms with Crippen molar-refractivity contribution in [1.29, 1.82) is 0 Å². The first-order chi connectivity index (χ1) is 15.6. The number of hydrogen-bond donors (Lipinski definition) is 2. The van der Waals surface area contributed by atoms with E-state index < -0.39 is 0 Å². The van der Waals surface area contributed by atoms with E-state index >= 15 is 0 Å². The molecule has 1 saturated heterocycles. The summed E-state index contributed by atoms with van der Waals surface area (Å²) in [5.41, 5.74) is 2.00. The summed E-state index contributed by atoms with van der Waals surface area (Å²) >= 11 is 1.32. The Morgan fingerprint density at radius 3 is 2.62 bits per heavy atom. The molecule has 0 saturated carbocycles. The van der Waals surface area contributed by atoms with E-state index in [9.17, 15) is 9.59 Å². The minimum Gasteiger partial charge on any atom is -0.497 e. The molecule has 2 amide bonds. The molecular formula is C24H28N4O3S. The molecule has 0 atom stereocenters. The summed E-state index contributed by atoms with van der Waals surface area (Å²) in [6.45, 7) is 5.50.